The molecule has 1 aromatic carbocycles. The molecule has 0 heterocycles. The first-order chi connectivity index (χ1) is 13.1. The summed E-state index contributed by atoms with van der Waals surface area (Å²) in [4.78, 5) is 12.9. The van der Waals surface area contributed by atoms with Crippen molar-refractivity contribution in [2.45, 2.75) is 26.7 Å². The number of esters is 1. The van der Waals surface area contributed by atoms with Gasteiger partial charge in [0, 0.05) is 0 Å². The minimum absolute atomic E-state index is 0.305. The molecule has 4 heteroatoms. The van der Waals surface area contributed by atoms with E-state index in [0.717, 1.165) is 23.5 Å². The third-order valence-electron chi connectivity index (χ3n) is 4.33. The van der Waals surface area contributed by atoms with Crippen LogP contribution in [0.4, 0.5) is 0 Å². The van der Waals surface area contributed by atoms with Crippen molar-refractivity contribution in [1.82, 2.24) is 0 Å². The van der Waals surface area contributed by atoms with Gasteiger partial charge in [0.2, 0.25) is 0 Å². The molecular weight excluding hydrogens is 419 g/mol. The maximum Gasteiger partial charge on any atom is 0.346 e. The molecule has 2 nitrogen and oxygen atoms in total. The summed E-state index contributed by atoms with van der Waals surface area (Å²) in [6, 6.07) is 10.2. The van der Waals surface area contributed by atoms with Gasteiger partial charge in [0.1, 0.15) is 4.20 Å². The molecule has 0 N–H and O–H groups in total. The lowest BCUT2D eigenvalue weighted by atomic mass is 10.2. The maximum absolute atomic E-state index is 12.9. The summed E-state index contributed by atoms with van der Waals surface area (Å²) in [5.74, 6) is -0.305. The minimum atomic E-state index is -2.38. The number of carbonyl (C=O) groups excluding carboxylic acids is 1. The van der Waals surface area contributed by atoms with Gasteiger partial charge in [-0.1, -0.05) is 79.4 Å². The quantitative estimate of drug-likeness (QED) is 0.280. The molecule has 1 aromatic rings. The molecule has 1 unspecified atom stereocenters. The number of ether oxygens (including phenoxy) is 1. The number of carbonyl (C=O) groups is 1. The summed E-state index contributed by atoms with van der Waals surface area (Å²) in [7, 11) is 0. The van der Waals surface area contributed by atoms with E-state index in [4.69, 9.17) is 4.74 Å². The highest BCUT2D eigenvalue weighted by Gasteiger charge is 2.34. The van der Waals surface area contributed by atoms with Crippen LogP contribution in [0.3, 0.4) is 0 Å². The van der Waals surface area contributed by atoms with E-state index in [1.54, 1.807) is 6.08 Å². The molecule has 0 aromatic heterocycles. The summed E-state index contributed by atoms with van der Waals surface area (Å²) < 4.78 is 5.99. The summed E-state index contributed by atoms with van der Waals surface area (Å²) in [6.07, 6.45) is 16.4. The minimum Gasteiger partial charge on any atom is -0.462 e. The van der Waals surface area contributed by atoms with Crippen LogP contribution in [0.2, 0.25) is 0 Å². The van der Waals surface area contributed by atoms with Gasteiger partial charge < -0.3 is 4.74 Å². The highest BCUT2D eigenvalue weighted by molar-refractivity contribution is 9.20. The first-order valence-corrected chi connectivity index (χ1v) is 11.7. The predicted molar refractivity (Wildman–Crippen MR) is 123 cm³/mol. The van der Waals surface area contributed by atoms with Crippen molar-refractivity contribution in [2.24, 2.45) is 0 Å². The first-order valence-electron chi connectivity index (χ1n) is 9.10. The molecule has 2 rings (SSSR count). The SMILES string of the molecule is C=C/C=C\C(=C/C)P(C1=CCCC=C1)(=C(Br)C(=O)OCC)c1ccccc1. The van der Waals surface area contributed by atoms with Crippen molar-refractivity contribution in [2.75, 3.05) is 6.61 Å². The van der Waals surface area contributed by atoms with Gasteiger partial charge in [0.15, 0.2) is 0 Å². The topological polar surface area (TPSA) is 26.3 Å². The summed E-state index contributed by atoms with van der Waals surface area (Å²) >= 11 is 3.69. The van der Waals surface area contributed by atoms with Gasteiger partial charge in [-0.05, 0) is 65.4 Å². The smallest absolute Gasteiger partial charge is 0.346 e. The molecule has 0 saturated carbocycles. The van der Waals surface area contributed by atoms with Crippen LogP contribution < -0.4 is 5.30 Å². The van der Waals surface area contributed by atoms with Crippen LogP contribution in [0.5, 0.6) is 0 Å². The summed E-state index contributed by atoms with van der Waals surface area (Å²) in [6.45, 7) is 5.60. The van der Waals surface area contributed by atoms with E-state index >= 15 is 0 Å². The average molecular weight is 445 g/mol. The molecule has 1 aliphatic carbocycles. The van der Waals surface area contributed by atoms with Gasteiger partial charge in [0.05, 0.1) is 6.61 Å². The number of allylic oxidation sites excluding steroid dienone is 9. The van der Waals surface area contributed by atoms with Crippen molar-refractivity contribution in [3.63, 3.8) is 0 Å². The van der Waals surface area contributed by atoms with Crippen LogP contribution in [0.15, 0.2) is 90.1 Å². The van der Waals surface area contributed by atoms with Crippen LogP contribution in [-0.4, -0.2) is 16.8 Å². The monoisotopic (exact) mass is 444 g/mol. The third-order valence-corrected chi connectivity index (χ3v) is 10.4. The van der Waals surface area contributed by atoms with Crippen molar-refractivity contribution in [1.29, 1.82) is 0 Å². The van der Waals surface area contributed by atoms with Gasteiger partial charge >= 0.3 is 5.97 Å². The van der Waals surface area contributed by atoms with Gasteiger partial charge in [0.25, 0.3) is 0 Å². The molecule has 0 fully saturated rings. The molecule has 0 saturated heterocycles. The average Bonchev–Trinajstić information content (AvgIpc) is 2.72. The largest absolute Gasteiger partial charge is 0.462 e. The Kier molecular flexibility index (Phi) is 8.34. The van der Waals surface area contributed by atoms with E-state index in [1.807, 2.05) is 38.1 Å². The molecule has 142 valence electrons. The zero-order valence-electron chi connectivity index (χ0n) is 15.9. The Morgan fingerprint density at radius 1 is 1.30 bits per heavy atom. The first kappa shape index (κ1) is 21.5. The second-order valence-electron chi connectivity index (χ2n) is 5.93. The van der Waals surface area contributed by atoms with Crippen molar-refractivity contribution < 1.29 is 9.53 Å². The van der Waals surface area contributed by atoms with E-state index in [1.165, 1.54) is 5.31 Å². The lowest BCUT2D eigenvalue weighted by molar-refractivity contribution is -0.134. The number of benzene rings is 1. The van der Waals surface area contributed by atoms with Crippen LogP contribution in [0, 0.1) is 0 Å². The lowest BCUT2D eigenvalue weighted by Gasteiger charge is -2.32. The Labute approximate surface area is 171 Å². The standard InChI is InChI=1S/C23H26BrO2P/c1-4-7-14-19(5-2)27(20-15-10-8-11-16-20,21-17-12-9-13-18-21)22(24)23(25)26-6-3/h4-5,7-8,10-12,14-18H,1,6,9,13H2,2-3H3/b14-7-,19-5+. The maximum atomic E-state index is 12.9. The molecule has 0 spiro atoms. The van der Waals surface area contributed by atoms with E-state index < -0.39 is 6.89 Å². The number of hydrogen-bond donors (Lipinski definition) is 0. The fraction of sp³-hybridized carbons (Fsp3) is 0.217. The summed E-state index contributed by atoms with van der Waals surface area (Å²) in [5.41, 5.74) is 0. The number of rotatable bonds is 7. The molecule has 1 atom stereocenters. The zero-order chi connectivity index (χ0) is 19.7. The second-order valence-corrected chi connectivity index (χ2v) is 10.7. The van der Waals surface area contributed by atoms with Crippen LogP contribution in [-0.2, 0) is 9.53 Å². The number of halogens is 1. The third kappa shape index (κ3) is 4.54. The van der Waals surface area contributed by atoms with E-state index in [2.05, 4.69) is 65.0 Å². The van der Waals surface area contributed by atoms with Gasteiger partial charge in [-0.25, -0.2) is 4.79 Å². The highest BCUT2D eigenvalue weighted by Crippen LogP contribution is 2.65. The molecule has 0 bridgehead atoms. The van der Waals surface area contributed by atoms with Crippen LogP contribution in [0.25, 0.3) is 0 Å². The lowest BCUT2D eigenvalue weighted by Crippen LogP contribution is -2.20. The van der Waals surface area contributed by atoms with Crippen molar-refractivity contribution >= 4 is 38.3 Å². The van der Waals surface area contributed by atoms with Crippen molar-refractivity contribution in [3.05, 3.63) is 90.1 Å². The highest BCUT2D eigenvalue weighted by atomic mass is 79.9. The zero-order valence-corrected chi connectivity index (χ0v) is 18.4. The molecular formula is C23H26BrO2P. The molecule has 0 amide bonds. The molecule has 1 aliphatic rings. The molecule has 0 aliphatic heterocycles. The number of hydrogen-bond acceptors (Lipinski definition) is 2. The Morgan fingerprint density at radius 2 is 2.04 bits per heavy atom. The van der Waals surface area contributed by atoms with Crippen molar-refractivity contribution in [3.8, 4) is 0 Å². The van der Waals surface area contributed by atoms with Gasteiger partial charge in [-0.2, -0.15) is 0 Å². The Morgan fingerprint density at radius 3 is 2.59 bits per heavy atom. The van der Waals surface area contributed by atoms with Crippen LogP contribution >= 0.6 is 22.8 Å². The Hall–Kier alpha value is -1.83. The van der Waals surface area contributed by atoms with Gasteiger partial charge in [-0.15, -0.1) is 0 Å². The van der Waals surface area contributed by atoms with E-state index in [-0.39, 0.29) is 5.97 Å². The van der Waals surface area contributed by atoms with E-state index in [0.29, 0.717) is 10.8 Å². The Balaban J connectivity index is 2.98. The van der Waals surface area contributed by atoms with Crippen LogP contribution in [0.1, 0.15) is 26.7 Å². The fourth-order valence-electron chi connectivity index (χ4n) is 3.18. The molecule has 0 radical (unpaired) electrons. The normalized spacial score (nSPS) is 16.6. The second kappa shape index (κ2) is 10.5. The van der Waals surface area contributed by atoms with Gasteiger partial charge in [-0.3, -0.25) is 0 Å². The molecule has 27 heavy (non-hydrogen) atoms. The Bertz CT molecular complexity index is 858. The summed E-state index contributed by atoms with van der Waals surface area (Å²) in [5, 5.41) is 3.37. The predicted octanol–water partition coefficient (Wildman–Crippen LogP) is 6.30. The fourth-order valence-corrected chi connectivity index (χ4v) is 9.10. The van der Waals surface area contributed by atoms with E-state index in [9.17, 15) is 4.79 Å².